The van der Waals surface area contributed by atoms with Crippen LogP contribution in [0, 0.1) is 0 Å². The van der Waals surface area contributed by atoms with E-state index in [9.17, 15) is 39.8 Å². The molecule has 6 N–H and O–H groups in total. The van der Waals surface area contributed by atoms with E-state index in [1.807, 2.05) is 0 Å². The number of aliphatic hydroxyl groups is 5. The molecule has 1 saturated carbocycles. The summed E-state index contributed by atoms with van der Waals surface area (Å²) in [5, 5.41) is 50.3. The van der Waals surface area contributed by atoms with Crippen LogP contribution >= 0.6 is 7.82 Å². The number of hydrogen-bond acceptors (Lipinski definition) is 11. The lowest BCUT2D eigenvalue weighted by Gasteiger charge is -2.41. The monoisotopic (exact) mass is 949 g/mol. The number of hydrogen-bond donors (Lipinski definition) is 6. The molecule has 0 amide bonds. The first-order chi connectivity index (χ1) is 31.5. The number of aliphatic hydroxyl groups excluding tert-OH is 5. The molecule has 13 heteroatoms. The lowest BCUT2D eigenvalue weighted by atomic mass is 9.85. The van der Waals surface area contributed by atoms with Gasteiger partial charge in [0.25, 0.3) is 0 Å². The molecule has 0 radical (unpaired) electrons. The van der Waals surface area contributed by atoms with Gasteiger partial charge in [-0.25, -0.2) is 4.57 Å². The van der Waals surface area contributed by atoms with Gasteiger partial charge in [-0.1, -0.05) is 219 Å². The third-order valence-corrected chi connectivity index (χ3v) is 13.9. The van der Waals surface area contributed by atoms with Crippen LogP contribution in [0.1, 0.15) is 251 Å². The third kappa shape index (κ3) is 34.9. The van der Waals surface area contributed by atoms with Gasteiger partial charge in [-0.3, -0.25) is 13.8 Å². The number of carbonyl (C=O) groups excluding carboxylic acids is 1. The second kappa shape index (κ2) is 43.1. The Morgan fingerprint density at radius 3 is 1.22 bits per heavy atom. The molecule has 0 spiro atoms. The standard InChI is InChI=1S/C52H101O12P/c1-3-5-7-9-11-13-15-17-19-20-21-22-23-24-25-26-28-30-32-34-36-38-40-42-61-43-45(44-62-65(59,60)64-52-50(57)48(55)47(54)49(56)51(52)58)63-46(53)41-39-37-35-33-31-29-27-18-16-14-12-10-8-6-4-2/h18,27,45,47-52,54-58H,3-17,19-26,28-44H2,1-2H3,(H,59,60)/b27-18-. The number of phosphoric ester groups is 1. The zero-order chi connectivity index (χ0) is 47.6. The minimum atomic E-state index is -5.02. The minimum Gasteiger partial charge on any atom is -0.457 e. The van der Waals surface area contributed by atoms with E-state index in [4.69, 9.17) is 18.5 Å². The Balaban J connectivity index is 2.28. The summed E-state index contributed by atoms with van der Waals surface area (Å²) >= 11 is 0. The Hall–Kier alpha value is -0.920. The topological polar surface area (TPSA) is 192 Å². The highest BCUT2D eigenvalue weighted by molar-refractivity contribution is 7.47. The average Bonchev–Trinajstić information content (AvgIpc) is 3.29. The van der Waals surface area contributed by atoms with Crippen molar-refractivity contribution in [2.24, 2.45) is 0 Å². The number of esters is 1. The van der Waals surface area contributed by atoms with Crippen molar-refractivity contribution >= 4 is 13.8 Å². The molecule has 0 bridgehead atoms. The second-order valence-corrected chi connectivity index (χ2v) is 20.5. The predicted molar refractivity (Wildman–Crippen MR) is 263 cm³/mol. The molecule has 1 fully saturated rings. The molecule has 65 heavy (non-hydrogen) atoms. The van der Waals surface area contributed by atoms with Crippen molar-refractivity contribution in [3.8, 4) is 0 Å². The molecule has 0 aliphatic heterocycles. The normalized spacial score (nSPS) is 21.5. The number of allylic oxidation sites excluding steroid dienone is 2. The van der Waals surface area contributed by atoms with Crippen molar-refractivity contribution in [3.05, 3.63) is 12.2 Å². The lowest BCUT2D eigenvalue weighted by molar-refractivity contribution is -0.220. The predicted octanol–water partition coefficient (Wildman–Crippen LogP) is 12.3. The summed E-state index contributed by atoms with van der Waals surface area (Å²) in [7, 11) is -5.02. The minimum absolute atomic E-state index is 0.0737. The number of phosphoric acid groups is 1. The highest BCUT2D eigenvalue weighted by atomic mass is 31.2. The summed E-state index contributed by atoms with van der Waals surface area (Å²) in [5.41, 5.74) is 0. The van der Waals surface area contributed by atoms with Gasteiger partial charge in [0.1, 0.15) is 42.7 Å². The molecule has 0 aromatic carbocycles. The summed E-state index contributed by atoms with van der Waals surface area (Å²) in [6, 6.07) is 0. The third-order valence-electron chi connectivity index (χ3n) is 12.9. The molecule has 6 unspecified atom stereocenters. The van der Waals surface area contributed by atoms with Crippen molar-refractivity contribution in [1.29, 1.82) is 0 Å². The first kappa shape index (κ1) is 62.1. The lowest BCUT2D eigenvalue weighted by Crippen LogP contribution is -2.64. The maximum Gasteiger partial charge on any atom is 0.472 e. The first-order valence-electron chi connectivity index (χ1n) is 27.0. The van der Waals surface area contributed by atoms with Crippen LogP contribution in [-0.2, 0) is 27.9 Å². The molecule has 0 heterocycles. The SMILES string of the molecule is CCCCCCCC/C=C\CCCCCCCC(=O)OC(COCCCCCCCCCCCCCCCCCCCCCCCCC)COP(=O)(O)OC1C(O)C(O)C(O)C(O)C1O. The summed E-state index contributed by atoms with van der Waals surface area (Å²) in [6.45, 7) is 4.30. The van der Waals surface area contributed by atoms with Crippen LogP contribution in [0.3, 0.4) is 0 Å². The van der Waals surface area contributed by atoms with E-state index < -0.39 is 63.1 Å². The van der Waals surface area contributed by atoms with Crippen molar-refractivity contribution in [1.82, 2.24) is 0 Å². The van der Waals surface area contributed by atoms with Gasteiger partial charge in [0.2, 0.25) is 0 Å². The quantitative estimate of drug-likeness (QED) is 0.0147. The Morgan fingerprint density at radius 2 is 0.815 bits per heavy atom. The largest absolute Gasteiger partial charge is 0.472 e. The van der Waals surface area contributed by atoms with Gasteiger partial charge in [-0.15, -0.1) is 0 Å². The van der Waals surface area contributed by atoms with Crippen LogP contribution in [-0.4, -0.2) is 98.9 Å². The second-order valence-electron chi connectivity index (χ2n) is 19.1. The smallest absolute Gasteiger partial charge is 0.457 e. The molecule has 0 saturated heterocycles. The van der Waals surface area contributed by atoms with Crippen LogP contribution in [0.5, 0.6) is 0 Å². The van der Waals surface area contributed by atoms with Crippen LogP contribution in [0.15, 0.2) is 12.2 Å². The van der Waals surface area contributed by atoms with Crippen molar-refractivity contribution in [2.45, 2.75) is 294 Å². The van der Waals surface area contributed by atoms with Crippen molar-refractivity contribution < 1.29 is 58.3 Å². The van der Waals surface area contributed by atoms with Gasteiger partial charge in [0.15, 0.2) is 0 Å². The summed E-state index contributed by atoms with van der Waals surface area (Å²) in [5.74, 6) is -0.480. The van der Waals surface area contributed by atoms with Gasteiger partial charge in [0.05, 0.1) is 13.2 Å². The van der Waals surface area contributed by atoms with E-state index in [1.54, 1.807) is 0 Å². The van der Waals surface area contributed by atoms with Crippen molar-refractivity contribution in [3.63, 3.8) is 0 Å². The molecule has 0 aromatic rings. The van der Waals surface area contributed by atoms with E-state index in [-0.39, 0.29) is 13.0 Å². The van der Waals surface area contributed by atoms with Crippen LogP contribution < -0.4 is 0 Å². The Morgan fingerprint density at radius 1 is 0.477 bits per heavy atom. The Kier molecular flexibility index (Phi) is 41.2. The van der Waals surface area contributed by atoms with E-state index >= 15 is 0 Å². The number of carbonyl (C=O) groups is 1. The molecule has 12 nitrogen and oxygen atoms in total. The van der Waals surface area contributed by atoms with Gasteiger partial charge >= 0.3 is 13.8 Å². The molecular formula is C52H101O12P. The maximum absolute atomic E-state index is 12.9. The fourth-order valence-corrected chi connectivity index (χ4v) is 9.56. The first-order valence-corrected chi connectivity index (χ1v) is 28.5. The van der Waals surface area contributed by atoms with Gasteiger partial charge in [-0.05, 0) is 38.5 Å². The van der Waals surface area contributed by atoms with E-state index in [1.165, 1.54) is 167 Å². The highest BCUT2D eigenvalue weighted by Gasteiger charge is 2.51. The molecule has 1 aliphatic rings. The number of unbranched alkanes of at least 4 members (excludes halogenated alkanes) is 33. The zero-order valence-corrected chi connectivity index (χ0v) is 42.5. The fourth-order valence-electron chi connectivity index (χ4n) is 8.59. The van der Waals surface area contributed by atoms with E-state index in [0.29, 0.717) is 13.0 Å². The maximum atomic E-state index is 12.9. The highest BCUT2D eigenvalue weighted by Crippen LogP contribution is 2.47. The summed E-state index contributed by atoms with van der Waals surface area (Å²) in [4.78, 5) is 23.2. The Bertz CT molecular complexity index is 1130. The number of ether oxygens (including phenoxy) is 2. The van der Waals surface area contributed by atoms with Gasteiger partial charge < -0.3 is 39.9 Å². The molecule has 6 atom stereocenters. The van der Waals surface area contributed by atoms with Crippen LogP contribution in [0.4, 0.5) is 0 Å². The van der Waals surface area contributed by atoms with Gasteiger partial charge in [0, 0.05) is 13.0 Å². The molecular weight excluding hydrogens is 848 g/mol. The number of rotatable bonds is 47. The van der Waals surface area contributed by atoms with Crippen LogP contribution in [0.25, 0.3) is 0 Å². The van der Waals surface area contributed by atoms with Gasteiger partial charge in [-0.2, -0.15) is 0 Å². The fraction of sp³-hybridized carbons (Fsp3) is 0.942. The summed E-state index contributed by atoms with van der Waals surface area (Å²) < 4.78 is 34.3. The molecule has 1 rings (SSSR count). The summed E-state index contributed by atoms with van der Waals surface area (Å²) in [6.07, 6.45) is 37.2. The molecule has 1 aliphatic carbocycles. The van der Waals surface area contributed by atoms with E-state index in [0.717, 1.165) is 57.8 Å². The van der Waals surface area contributed by atoms with Crippen molar-refractivity contribution in [2.75, 3.05) is 19.8 Å². The average molecular weight is 949 g/mol. The molecule has 0 aromatic heterocycles. The zero-order valence-electron chi connectivity index (χ0n) is 41.6. The van der Waals surface area contributed by atoms with Crippen LogP contribution in [0.2, 0.25) is 0 Å². The Labute approximate surface area is 397 Å². The van der Waals surface area contributed by atoms with E-state index in [2.05, 4.69) is 26.0 Å². The molecule has 386 valence electrons.